The summed E-state index contributed by atoms with van der Waals surface area (Å²) in [4.78, 5) is 47.6. The minimum atomic E-state index is -2.78. The van der Waals surface area contributed by atoms with Crippen LogP contribution < -0.4 is 15.3 Å². The van der Waals surface area contributed by atoms with E-state index in [0.717, 1.165) is 0 Å². The molecule has 44 heavy (non-hydrogen) atoms. The molecule has 6 N–H and O–H groups in total. The van der Waals surface area contributed by atoms with Crippen LogP contribution in [0.1, 0.15) is 31.4 Å². The second-order valence-corrected chi connectivity index (χ2v) is 12.7. The summed E-state index contributed by atoms with van der Waals surface area (Å²) in [5, 5.41) is 47.6. The van der Waals surface area contributed by atoms with Crippen molar-refractivity contribution in [3.63, 3.8) is 0 Å². The smallest absolute Gasteiger partial charge is 0.255 e. The van der Waals surface area contributed by atoms with Crippen LogP contribution >= 0.6 is 0 Å². The van der Waals surface area contributed by atoms with Crippen LogP contribution in [-0.4, -0.2) is 94.8 Å². The van der Waals surface area contributed by atoms with Crippen molar-refractivity contribution >= 4 is 23.2 Å². The van der Waals surface area contributed by atoms with E-state index >= 15 is 0 Å². The summed E-state index contributed by atoms with van der Waals surface area (Å²) in [5.41, 5.74) is 0.559. The molecular weight excluding hydrogens is 570 g/mol. The number of carbonyl (C=O) groups excluding carboxylic acids is 3. The number of amides is 1. The molecule has 0 heterocycles. The molecule has 0 aromatic heterocycles. The van der Waals surface area contributed by atoms with Gasteiger partial charge in [0.05, 0.1) is 18.7 Å². The van der Waals surface area contributed by atoms with E-state index in [1.165, 1.54) is 30.1 Å². The molecule has 1 fully saturated rings. The number of benzene rings is 2. The summed E-state index contributed by atoms with van der Waals surface area (Å²) < 4.78 is 5.44. The van der Waals surface area contributed by atoms with Gasteiger partial charge in [-0.05, 0) is 61.8 Å². The lowest BCUT2D eigenvalue weighted by Crippen LogP contribution is -2.72. The van der Waals surface area contributed by atoms with Crippen molar-refractivity contribution in [2.24, 2.45) is 16.6 Å². The van der Waals surface area contributed by atoms with Gasteiger partial charge in [-0.15, -0.1) is 5.06 Å². The number of phenolic OH excluding ortho intramolecular Hbond substituents is 1. The van der Waals surface area contributed by atoms with E-state index in [1.807, 2.05) is 0 Å². The first-order valence-corrected chi connectivity index (χ1v) is 14.0. The van der Waals surface area contributed by atoms with Crippen molar-refractivity contribution in [1.29, 1.82) is 0 Å². The highest BCUT2D eigenvalue weighted by molar-refractivity contribution is 6.25. The number of hydrogen-bond acceptors (Lipinski definition) is 11. The van der Waals surface area contributed by atoms with Crippen LogP contribution in [0.15, 0.2) is 47.2 Å². The summed E-state index contributed by atoms with van der Waals surface area (Å²) in [6, 6.07) is 7.14. The zero-order valence-electron chi connectivity index (χ0n) is 25.7. The maximum absolute atomic E-state index is 14.4. The molecule has 0 bridgehead atoms. The van der Waals surface area contributed by atoms with Gasteiger partial charge in [0.1, 0.15) is 22.8 Å². The number of hydrogen-bond donors (Lipinski definition) is 5. The van der Waals surface area contributed by atoms with E-state index in [2.05, 4.69) is 0 Å². The van der Waals surface area contributed by atoms with Crippen LogP contribution in [0, 0.1) is 10.8 Å². The normalized spacial score (nSPS) is 28.2. The lowest BCUT2D eigenvalue weighted by Gasteiger charge is -2.59. The SMILES string of the molecule is COc1ccc(-c2ccc(O)c3c2C[C@@]2(C)C[C@@]4(C)[C@H](N(C)C)C(=O)C(C(N)=O)=C(O)[C@@]4(O)C(=O)C2=C3O)cc1ON(C)C. The average molecular weight is 608 g/mol. The molecule has 0 radical (unpaired) electrons. The van der Waals surface area contributed by atoms with Gasteiger partial charge in [0.2, 0.25) is 5.78 Å². The Bertz CT molecular complexity index is 1690. The second-order valence-electron chi connectivity index (χ2n) is 12.7. The third-order valence-corrected chi connectivity index (χ3v) is 9.27. The van der Waals surface area contributed by atoms with E-state index < -0.39 is 57.0 Å². The van der Waals surface area contributed by atoms with Crippen molar-refractivity contribution < 1.29 is 44.4 Å². The zero-order chi connectivity index (χ0) is 32.7. The van der Waals surface area contributed by atoms with Gasteiger partial charge >= 0.3 is 0 Å². The number of nitrogens with two attached hydrogens (primary N) is 1. The Morgan fingerprint density at radius 2 is 1.68 bits per heavy atom. The molecule has 1 amide bonds. The van der Waals surface area contributed by atoms with Gasteiger partial charge in [-0.2, -0.15) is 0 Å². The Kier molecular flexibility index (Phi) is 7.11. The predicted octanol–water partition coefficient (Wildman–Crippen LogP) is 2.28. The zero-order valence-corrected chi connectivity index (χ0v) is 25.7. The quantitative estimate of drug-likeness (QED) is 0.240. The summed E-state index contributed by atoms with van der Waals surface area (Å²) in [5.74, 6) is -4.29. The molecule has 4 atom stereocenters. The number of hydroxylamine groups is 2. The number of Topliss-reactive ketones (excluding diaryl/α,β-unsaturated/α-hetero) is 2. The summed E-state index contributed by atoms with van der Waals surface area (Å²) >= 11 is 0. The Hall–Kier alpha value is -4.39. The van der Waals surface area contributed by atoms with Crippen LogP contribution in [0.25, 0.3) is 16.9 Å². The monoisotopic (exact) mass is 607 g/mol. The maximum atomic E-state index is 14.4. The maximum Gasteiger partial charge on any atom is 0.255 e. The fourth-order valence-corrected chi connectivity index (χ4v) is 7.71. The Balaban J connectivity index is 1.78. The number of aliphatic hydroxyl groups is 3. The van der Waals surface area contributed by atoms with E-state index in [4.69, 9.17) is 15.3 Å². The van der Waals surface area contributed by atoms with Crippen LogP contribution in [0.2, 0.25) is 0 Å². The van der Waals surface area contributed by atoms with Crippen LogP contribution in [0.5, 0.6) is 17.2 Å². The minimum Gasteiger partial charge on any atom is -0.508 e. The number of fused-ring (bicyclic) bond motifs is 3. The van der Waals surface area contributed by atoms with Gasteiger partial charge in [-0.25, -0.2) is 0 Å². The second kappa shape index (κ2) is 10.1. The molecule has 2 aromatic rings. The summed E-state index contributed by atoms with van der Waals surface area (Å²) in [7, 11) is 8.09. The molecule has 0 unspecified atom stereocenters. The van der Waals surface area contributed by atoms with Gasteiger partial charge in [0.25, 0.3) is 5.91 Å². The third-order valence-electron chi connectivity index (χ3n) is 9.27. The highest BCUT2D eigenvalue weighted by atomic mass is 16.7. The van der Waals surface area contributed by atoms with Crippen LogP contribution in [0.4, 0.5) is 0 Å². The molecule has 234 valence electrons. The van der Waals surface area contributed by atoms with Gasteiger partial charge in [0.15, 0.2) is 22.9 Å². The van der Waals surface area contributed by atoms with E-state index in [9.17, 15) is 34.8 Å². The lowest BCUT2D eigenvalue weighted by molar-refractivity contribution is -0.175. The van der Waals surface area contributed by atoms with Crippen molar-refractivity contribution in [3.05, 3.63) is 58.4 Å². The molecular formula is C32H37N3O9. The van der Waals surface area contributed by atoms with Crippen molar-refractivity contribution in [1.82, 2.24) is 9.96 Å². The van der Waals surface area contributed by atoms with E-state index in [0.29, 0.717) is 28.2 Å². The number of primary amides is 1. The number of rotatable bonds is 6. The standard InChI is InChI=1S/C32H37N3O9/c1-30-13-17-16(15-8-11-19(43-7)20(12-15)44-35(5)6)9-10-18(36)21(17)24(37)23(30)28(40)32(42)27(39)22(29(33)41)25(38)26(34(3)4)31(32,2)14-30/h8-12,26,36-37,39,42H,13-14H2,1-7H3,(H2,33,41)/t26-,30+,31+,32-/m1/s1. The number of likely N-dealkylation sites (N-methyl/N-ethyl adjacent to an activating group) is 1. The number of ether oxygens (including phenoxy) is 1. The third kappa shape index (κ3) is 4.05. The highest BCUT2D eigenvalue weighted by Gasteiger charge is 2.72. The molecule has 5 rings (SSSR count). The van der Waals surface area contributed by atoms with Gasteiger partial charge < -0.3 is 35.7 Å². The summed E-state index contributed by atoms with van der Waals surface area (Å²) in [6.07, 6.45) is 0.0404. The van der Waals surface area contributed by atoms with Gasteiger partial charge in [-0.3, -0.25) is 19.3 Å². The fourth-order valence-electron chi connectivity index (χ4n) is 7.71. The molecule has 12 nitrogen and oxygen atoms in total. The first kappa shape index (κ1) is 31.0. The number of phenols is 1. The van der Waals surface area contributed by atoms with Crippen molar-refractivity contribution in [2.75, 3.05) is 35.3 Å². The highest BCUT2D eigenvalue weighted by Crippen LogP contribution is 2.63. The fraction of sp³-hybridized carbons (Fsp3) is 0.406. The molecule has 3 aliphatic rings. The molecule has 0 saturated heterocycles. The van der Waals surface area contributed by atoms with Crippen molar-refractivity contribution in [3.8, 4) is 28.4 Å². The average Bonchev–Trinajstić information content (AvgIpc) is 2.90. The molecule has 2 aromatic carbocycles. The largest absolute Gasteiger partial charge is 0.508 e. The summed E-state index contributed by atoms with van der Waals surface area (Å²) in [6.45, 7) is 3.24. The van der Waals surface area contributed by atoms with Gasteiger partial charge in [-0.1, -0.05) is 26.0 Å². The number of ketones is 2. The first-order chi connectivity index (χ1) is 20.4. The van der Waals surface area contributed by atoms with Gasteiger partial charge in [0, 0.05) is 30.5 Å². The topological polar surface area (TPSA) is 183 Å². The van der Waals surface area contributed by atoms with Crippen molar-refractivity contribution in [2.45, 2.75) is 38.3 Å². The number of carbonyl (C=O) groups is 3. The Morgan fingerprint density at radius 1 is 1.02 bits per heavy atom. The number of methoxy groups -OCH3 is 1. The number of nitrogens with zero attached hydrogens (tertiary/aromatic N) is 2. The van der Waals surface area contributed by atoms with E-state index in [-0.39, 0.29) is 29.7 Å². The number of aliphatic hydroxyl groups excluding tert-OH is 2. The molecule has 1 saturated carbocycles. The minimum absolute atomic E-state index is 0.00364. The first-order valence-electron chi connectivity index (χ1n) is 14.0. The van der Waals surface area contributed by atoms with Crippen LogP contribution in [0.3, 0.4) is 0 Å². The van der Waals surface area contributed by atoms with E-state index in [1.54, 1.807) is 59.4 Å². The van der Waals surface area contributed by atoms with Crippen LogP contribution in [-0.2, 0) is 20.8 Å². The Morgan fingerprint density at radius 3 is 2.25 bits per heavy atom. The molecule has 12 heteroatoms. The predicted molar refractivity (Wildman–Crippen MR) is 160 cm³/mol. The molecule has 0 spiro atoms. The number of aromatic hydroxyl groups is 1. The lowest BCUT2D eigenvalue weighted by atomic mass is 9.46. The molecule has 3 aliphatic carbocycles. The Labute approximate surface area is 254 Å². The molecule has 0 aliphatic heterocycles.